The lowest BCUT2D eigenvalue weighted by Gasteiger charge is -2.27. The Labute approximate surface area is 170 Å². The van der Waals surface area contributed by atoms with Crippen molar-refractivity contribution in [2.75, 3.05) is 18.3 Å². The molecular weight excluding hydrogens is 463 g/mol. The molecule has 0 unspecified atom stereocenters. The van der Waals surface area contributed by atoms with Crippen LogP contribution in [0.4, 0.5) is 4.79 Å². The fourth-order valence-electron chi connectivity index (χ4n) is 2.14. The van der Waals surface area contributed by atoms with Crippen LogP contribution in [0.25, 0.3) is 0 Å². The van der Waals surface area contributed by atoms with E-state index in [2.05, 4.69) is 44.4 Å². The first kappa shape index (κ1) is 23.1. The molecule has 0 aliphatic carbocycles. The predicted octanol–water partition coefficient (Wildman–Crippen LogP) is 4.31. The smallest absolute Gasteiger partial charge is 0.408 e. The van der Waals surface area contributed by atoms with Gasteiger partial charge in [0.1, 0.15) is 11.6 Å². The van der Waals surface area contributed by atoms with E-state index < -0.39 is 24.9 Å². The van der Waals surface area contributed by atoms with Gasteiger partial charge in [-0.2, -0.15) is 7.20 Å². The molecule has 0 aliphatic heterocycles. The molecule has 0 saturated carbocycles. The molecule has 0 fully saturated rings. The van der Waals surface area contributed by atoms with Crippen LogP contribution in [0.5, 0.6) is 0 Å². The second kappa shape index (κ2) is 9.82. The third-order valence-electron chi connectivity index (χ3n) is 3.49. The molecule has 0 heterocycles. The Morgan fingerprint density at radius 3 is 2.27 bits per heavy atom. The summed E-state index contributed by atoms with van der Waals surface area (Å²) in [7, 11) is -0.798. The van der Waals surface area contributed by atoms with Gasteiger partial charge in [-0.15, -0.1) is 0 Å². The number of halogens is 1. The van der Waals surface area contributed by atoms with Gasteiger partial charge in [0.2, 0.25) is 5.91 Å². The number of aryl methyl sites for hydroxylation is 1. The van der Waals surface area contributed by atoms with Crippen molar-refractivity contribution >= 4 is 40.4 Å². The summed E-state index contributed by atoms with van der Waals surface area (Å²) in [5.74, 6) is 0.697. The Balaban J connectivity index is 2.70. The van der Waals surface area contributed by atoms with Crippen LogP contribution in [0.2, 0.25) is 0 Å². The van der Waals surface area contributed by atoms with Crippen molar-refractivity contribution in [1.29, 1.82) is 0 Å². The third kappa shape index (κ3) is 10.3. The van der Waals surface area contributed by atoms with Gasteiger partial charge in [0.25, 0.3) is 0 Å². The van der Waals surface area contributed by atoms with Crippen molar-refractivity contribution in [1.82, 2.24) is 10.6 Å². The fraction of sp³-hybridized carbons (Fsp3) is 0.579. The number of benzene rings is 1. The molecule has 0 radical (unpaired) electrons. The summed E-state index contributed by atoms with van der Waals surface area (Å²) in [6, 6.07) is 7.41. The average molecular weight is 494 g/mol. The van der Waals surface area contributed by atoms with Crippen molar-refractivity contribution < 1.29 is 14.3 Å². The molecule has 1 rings (SSSR count). The van der Waals surface area contributed by atoms with Gasteiger partial charge in [0, 0.05) is 6.54 Å². The van der Waals surface area contributed by atoms with Crippen molar-refractivity contribution in [3.63, 3.8) is 0 Å². The number of hydrogen-bond donors (Lipinski definition) is 2. The van der Waals surface area contributed by atoms with Gasteiger partial charge < -0.3 is 15.4 Å². The number of carbonyl (C=O) groups excluding carboxylic acids is 2. The van der Waals surface area contributed by atoms with Gasteiger partial charge in [0.15, 0.2) is 0 Å². The van der Waals surface area contributed by atoms with E-state index in [9.17, 15) is 9.59 Å². The van der Waals surface area contributed by atoms with Crippen LogP contribution in [0.1, 0.15) is 38.3 Å². The summed E-state index contributed by atoms with van der Waals surface area (Å²) in [5, 5.41) is 5.65. The van der Waals surface area contributed by atoms with Gasteiger partial charge in [-0.05, 0) is 79.1 Å². The molecule has 1 atom stereocenters. The first-order valence-corrected chi connectivity index (χ1v) is 13.8. The Morgan fingerprint density at radius 2 is 1.77 bits per heavy atom. The Bertz CT molecular complexity index is 607. The minimum Gasteiger partial charge on any atom is -0.444 e. The zero-order valence-electron chi connectivity index (χ0n) is 16.5. The highest BCUT2D eigenvalue weighted by Gasteiger charge is 2.25. The van der Waals surface area contributed by atoms with Crippen LogP contribution in [0.3, 0.4) is 0 Å². The lowest BCUT2D eigenvalue weighted by molar-refractivity contribution is -0.123. The van der Waals surface area contributed by atoms with Crippen molar-refractivity contribution in [3.8, 4) is 0 Å². The summed E-state index contributed by atoms with van der Waals surface area (Å²) in [4.78, 5) is 24.7. The largest absolute Gasteiger partial charge is 0.444 e. The quantitative estimate of drug-likeness (QED) is 0.556. The lowest BCUT2D eigenvalue weighted by Crippen LogP contribution is -2.48. The normalized spacial score (nSPS) is 13.7. The molecule has 0 bridgehead atoms. The maximum Gasteiger partial charge on any atom is 0.408 e. The molecule has 0 aliphatic rings. The molecule has 0 aromatic heterocycles. The lowest BCUT2D eigenvalue weighted by atomic mass is 10.1. The highest BCUT2D eigenvalue weighted by molar-refractivity contribution is 14.2. The van der Waals surface area contributed by atoms with Crippen LogP contribution >= 0.6 is 28.4 Å². The van der Waals surface area contributed by atoms with E-state index in [-0.39, 0.29) is 5.91 Å². The van der Waals surface area contributed by atoms with Gasteiger partial charge in [-0.3, -0.25) is 4.79 Å². The summed E-state index contributed by atoms with van der Waals surface area (Å²) in [5.41, 5.74) is 1.61. The number of nitrogens with one attached hydrogen (secondary N) is 2. The van der Waals surface area contributed by atoms with Gasteiger partial charge in [-0.25, -0.2) is 4.79 Å². The number of carbonyl (C=O) groups is 2. The Morgan fingerprint density at radius 1 is 1.19 bits per heavy atom. The minimum absolute atomic E-state index is 0.184. The molecule has 2 N–H and O–H groups in total. The number of hydrogen-bond acceptors (Lipinski definition) is 3. The summed E-state index contributed by atoms with van der Waals surface area (Å²) >= 11 is 2.43. The summed E-state index contributed by atoms with van der Waals surface area (Å²) < 4.78 is 5.30. The number of alkyl carbamates (subject to hydrolysis) is 1. The highest BCUT2D eigenvalue weighted by atomic mass is 127. The monoisotopic (exact) mass is 494 g/mol. The van der Waals surface area contributed by atoms with E-state index in [1.807, 2.05) is 31.2 Å². The summed E-state index contributed by atoms with van der Waals surface area (Å²) in [6.07, 6.45) is 4.39. The Kier molecular flexibility index (Phi) is 8.72. The van der Waals surface area contributed by atoms with Gasteiger partial charge >= 0.3 is 6.09 Å². The number of amides is 2. The number of ether oxygens (including phenoxy) is 1. The molecule has 1 aromatic carbocycles. The van der Waals surface area contributed by atoms with Crippen LogP contribution in [0, 0.1) is 6.92 Å². The first-order valence-electron chi connectivity index (χ1n) is 8.59. The van der Waals surface area contributed by atoms with Crippen LogP contribution in [-0.2, 0) is 16.1 Å². The van der Waals surface area contributed by atoms with E-state index in [1.54, 1.807) is 20.8 Å². The zero-order valence-corrected chi connectivity index (χ0v) is 19.5. The van der Waals surface area contributed by atoms with Crippen LogP contribution in [0.15, 0.2) is 24.3 Å². The molecule has 1 aromatic rings. The van der Waals surface area contributed by atoms with Gasteiger partial charge in [-0.1, -0.05) is 29.8 Å². The molecule has 0 saturated heterocycles. The molecule has 0 spiro atoms. The van der Waals surface area contributed by atoms with Crippen LogP contribution in [-0.4, -0.2) is 41.9 Å². The third-order valence-corrected chi connectivity index (χ3v) is 6.01. The molecule has 148 valence electrons. The fourth-order valence-corrected chi connectivity index (χ4v) is 3.69. The zero-order chi connectivity index (χ0) is 20.0. The van der Waals surface area contributed by atoms with E-state index >= 15 is 0 Å². The SMILES string of the molecule is Cc1ccc(CNC(=O)[C@@H](CCS(C)(C)I)NC(=O)OC(C)(C)C)cc1. The average Bonchev–Trinajstić information content (AvgIpc) is 2.48. The standard InChI is InChI=1S/C19H31IN2O3S/c1-14-7-9-15(10-8-14)13-21-17(23)16(11-12-26(5,6)20)22-18(24)25-19(2,3)4/h7-10,16H,11-13H2,1-6H3,(H,21,23)(H,22,24)/t16-/m1/s1. The Hall–Kier alpha value is -0.960. The van der Waals surface area contributed by atoms with E-state index in [0.717, 1.165) is 11.3 Å². The predicted molar refractivity (Wildman–Crippen MR) is 119 cm³/mol. The first-order chi connectivity index (χ1) is 11.9. The number of rotatable bonds is 7. The second-order valence-electron chi connectivity index (χ2n) is 7.80. The van der Waals surface area contributed by atoms with E-state index in [0.29, 0.717) is 13.0 Å². The highest BCUT2D eigenvalue weighted by Crippen LogP contribution is 2.49. The molecule has 7 heteroatoms. The van der Waals surface area contributed by atoms with Gasteiger partial charge in [0.05, 0.1) is 0 Å². The molecule has 5 nitrogen and oxygen atoms in total. The van der Waals surface area contributed by atoms with Crippen molar-refractivity contribution in [2.45, 2.75) is 52.3 Å². The maximum absolute atomic E-state index is 12.6. The maximum atomic E-state index is 12.6. The molecule has 2 amide bonds. The van der Waals surface area contributed by atoms with E-state index in [4.69, 9.17) is 4.74 Å². The minimum atomic E-state index is -0.798. The summed E-state index contributed by atoms with van der Waals surface area (Å²) in [6.45, 7) is 7.87. The second-order valence-corrected chi connectivity index (χ2v) is 18.2. The topological polar surface area (TPSA) is 67.4 Å². The molecular formula is C19H31IN2O3S. The van der Waals surface area contributed by atoms with Crippen molar-refractivity contribution in [3.05, 3.63) is 35.4 Å². The van der Waals surface area contributed by atoms with Crippen LogP contribution < -0.4 is 10.6 Å². The van der Waals surface area contributed by atoms with E-state index in [1.165, 1.54) is 5.56 Å². The molecule has 26 heavy (non-hydrogen) atoms. The van der Waals surface area contributed by atoms with Crippen molar-refractivity contribution in [2.24, 2.45) is 0 Å².